The largest absolute Gasteiger partial charge is 0.480 e. The van der Waals surface area contributed by atoms with Crippen LogP contribution in [0, 0.1) is 0 Å². The van der Waals surface area contributed by atoms with Crippen molar-refractivity contribution in [1.29, 1.82) is 0 Å². The molecule has 0 saturated heterocycles. The summed E-state index contributed by atoms with van der Waals surface area (Å²) in [4.78, 5) is 25.2. The third-order valence-corrected chi connectivity index (χ3v) is 4.10. The second kappa shape index (κ2) is 11.4. The van der Waals surface area contributed by atoms with Crippen LogP contribution in [0.1, 0.15) is 58.3 Å². The molecule has 1 amide bonds. The molecule has 4 nitrogen and oxygen atoms in total. The highest BCUT2D eigenvalue weighted by Gasteiger charge is 2.26. The zero-order chi connectivity index (χ0) is 17.8. The summed E-state index contributed by atoms with van der Waals surface area (Å²) in [6.07, 6.45) is 9.88. The zero-order valence-electron chi connectivity index (χ0n) is 14.6. The third kappa shape index (κ3) is 6.99. The molecular formula is C20H29NO3. The number of benzene rings is 1. The van der Waals surface area contributed by atoms with Crippen molar-refractivity contribution in [3.8, 4) is 0 Å². The fourth-order valence-electron chi connectivity index (χ4n) is 2.68. The first-order valence-corrected chi connectivity index (χ1v) is 8.78. The molecule has 0 fully saturated rings. The summed E-state index contributed by atoms with van der Waals surface area (Å²) in [6, 6.07) is 8.16. The first-order valence-electron chi connectivity index (χ1n) is 8.78. The average Bonchev–Trinajstić information content (AvgIpc) is 2.58. The maximum absolute atomic E-state index is 12.5. The van der Waals surface area contributed by atoms with E-state index in [2.05, 4.69) is 6.58 Å². The van der Waals surface area contributed by atoms with Crippen molar-refractivity contribution in [3.05, 3.63) is 43.0 Å². The lowest BCUT2D eigenvalue weighted by atomic mass is 10.1. The first-order chi connectivity index (χ1) is 11.6. The molecule has 4 heteroatoms. The van der Waals surface area contributed by atoms with Crippen LogP contribution in [0.4, 0.5) is 5.69 Å². The van der Waals surface area contributed by atoms with Crippen molar-refractivity contribution in [2.75, 3.05) is 4.90 Å². The Hall–Kier alpha value is -2.10. The molecule has 0 bridgehead atoms. The molecule has 0 aliphatic heterocycles. The molecular weight excluding hydrogens is 302 g/mol. The Morgan fingerprint density at radius 2 is 1.67 bits per heavy atom. The predicted molar refractivity (Wildman–Crippen MR) is 98.2 cm³/mol. The molecule has 1 N–H and O–H groups in total. The van der Waals surface area contributed by atoms with Gasteiger partial charge in [0.2, 0.25) is 5.91 Å². The lowest BCUT2D eigenvalue weighted by Crippen LogP contribution is -2.43. The van der Waals surface area contributed by atoms with Crippen molar-refractivity contribution in [3.63, 3.8) is 0 Å². The number of allylic oxidation sites excluding steroid dienone is 1. The highest BCUT2D eigenvalue weighted by molar-refractivity contribution is 5.98. The van der Waals surface area contributed by atoms with Gasteiger partial charge in [-0.15, -0.1) is 6.58 Å². The summed E-state index contributed by atoms with van der Waals surface area (Å²) in [5.41, 5.74) is 0.641. The predicted octanol–water partition coefficient (Wildman–Crippen LogP) is 4.80. The van der Waals surface area contributed by atoms with Gasteiger partial charge < -0.3 is 5.11 Å². The molecule has 0 aromatic heterocycles. The summed E-state index contributed by atoms with van der Waals surface area (Å²) in [5.74, 6) is -1.11. The standard InChI is InChI=1S/C20H29NO3/c1-3-4-5-6-7-8-9-13-16-19(22)21(17(2)20(23)24)18-14-11-10-12-15-18/h3,10-12,14-15,17H,1,4-9,13,16H2,2H3,(H,23,24)/t17-/m0/s1. The SMILES string of the molecule is C=CCCCCCCCCC(=O)N(c1ccccc1)[C@@H](C)C(=O)O. The number of anilines is 1. The van der Waals surface area contributed by atoms with Crippen LogP contribution in [0.15, 0.2) is 43.0 Å². The quantitative estimate of drug-likeness (QED) is 0.442. The van der Waals surface area contributed by atoms with Crippen molar-refractivity contribution >= 4 is 17.6 Å². The van der Waals surface area contributed by atoms with Gasteiger partial charge >= 0.3 is 5.97 Å². The number of amides is 1. The number of hydrogen-bond acceptors (Lipinski definition) is 2. The summed E-state index contributed by atoms with van der Waals surface area (Å²) in [7, 11) is 0. The highest BCUT2D eigenvalue weighted by atomic mass is 16.4. The van der Waals surface area contributed by atoms with Gasteiger partial charge in [-0.1, -0.05) is 50.0 Å². The van der Waals surface area contributed by atoms with E-state index in [4.69, 9.17) is 0 Å². The Bertz CT molecular complexity index is 513. The summed E-state index contributed by atoms with van der Waals surface area (Å²) < 4.78 is 0. The van der Waals surface area contributed by atoms with Crippen LogP contribution in [0.3, 0.4) is 0 Å². The van der Waals surface area contributed by atoms with Gasteiger partial charge in [0.25, 0.3) is 0 Å². The molecule has 1 aromatic carbocycles. The van der Waals surface area contributed by atoms with Gasteiger partial charge in [-0.2, -0.15) is 0 Å². The number of carbonyl (C=O) groups excluding carboxylic acids is 1. The second-order valence-corrected chi connectivity index (χ2v) is 6.06. The molecule has 0 heterocycles. The minimum atomic E-state index is -0.991. The van der Waals surface area contributed by atoms with Crippen molar-refractivity contribution < 1.29 is 14.7 Å². The van der Waals surface area contributed by atoms with Gasteiger partial charge in [0, 0.05) is 12.1 Å². The molecule has 1 aromatic rings. The number of unbranched alkanes of at least 4 members (excludes halogenated alkanes) is 6. The maximum Gasteiger partial charge on any atom is 0.326 e. The molecule has 1 rings (SSSR count). The van der Waals surface area contributed by atoms with Gasteiger partial charge in [0.05, 0.1) is 0 Å². The van der Waals surface area contributed by atoms with Crippen LogP contribution in [0.5, 0.6) is 0 Å². The number of carbonyl (C=O) groups is 2. The van der Waals surface area contributed by atoms with Crippen molar-refractivity contribution in [2.45, 2.75) is 64.3 Å². The molecule has 1 atom stereocenters. The number of carboxylic acid groups (broad SMARTS) is 1. The van der Waals surface area contributed by atoms with E-state index in [1.165, 1.54) is 24.2 Å². The van der Waals surface area contributed by atoms with Crippen LogP contribution >= 0.6 is 0 Å². The van der Waals surface area contributed by atoms with Gasteiger partial charge in [0.15, 0.2) is 0 Å². The second-order valence-electron chi connectivity index (χ2n) is 6.06. The molecule has 0 aliphatic carbocycles. The molecule has 0 radical (unpaired) electrons. The van der Waals surface area contributed by atoms with E-state index in [1.54, 1.807) is 19.1 Å². The number of rotatable bonds is 12. The van der Waals surface area contributed by atoms with Gasteiger partial charge in [0.1, 0.15) is 6.04 Å². The van der Waals surface area contributed by atoms with E-state index < -0.39 is 12.0 Å². The molecule has 132 valence electrons. The fraction of sp³-hybridized carbons (Fsp3) is 0.500. The Morgan fingerprint density at radius 1 is 1.08 bits per heavy atom. The number of carboxylic acids is 1. The zero-order valence-corrected chi connectivity index (χ0v) is 14.6. The average molecular weight is 331 g/mol. The Kier molecular flexibility index (Phi) is 9.51. The van der Waals surface area contributed by atoms with Crippen LogP contribution in [0.2, 0.25) is 0 Å². The Labute approximate surface area is 145 Å². The van der Waals surface area contributed by atoms with E-state index in [0.717, 1.165) is 25.7 Å². The molecule has 0 saturated carbocycles. The van der Waals surface area contributed by atoms with Crippen LogP contribution < -0.4 is 4.90 Å². The minimum absolute atomic E-state index is 0.122. The summed E-state index contributed by atoms with van der Waals surface area (Å²) >= 11 is 0. The number of aliphatic carboxylic acids is 1. The Morgan fingerprint density at radius 3 is 2.25 bits per heavy atom. The van der Waals surface area contributed by atoms with Crippen LogP contribution in [-0.4, -0.2) is 23.0 Å². The third-order valence-electron chi connectivity index (χ3n) is 4.10. The number of para-hydroxylation sites is 1. The lowest BCUT2D eigenvalue weighted by Gasteiger charge is -2.26. The van der Waals surface area contributed by atoms with Crippen LogP contribution in [0.25, 0.3) is 0 Å². The van der Waals surface area contributed by atoms with Gasteiger partial charge in [-0.3, -0.25) is 9.69 Å². The van der Waals surface area contributed by atoms with E-state index in [9.17, 15) is 14.7 Å². The molecule has 0 spiro atoms. The van der Waals surface area contributed by atoms with Crippen molar-refractivity contribution in [2.24, 2.45) is 0 Å². The normalized spacial score (nSPS) is 11.7. The van der Waals surface area contributed by atoms with Crippen LogP contribution in [-0.2, 0) is 9.59 Å². The Balaban J connectivity index is 2.45. The smallest absolute Gasteiger partial charge is 0.326 e. The minimum Gasteiger partial charge on any atom is -0.480 e. The highest BCUT2D eigenvalue weighted by Crippen LogP contribution is 2.19. The molecule has 0 aliphatic rings. The van der Waals surface area contributed by atoms with Crippen molar-refractivity contribution in [1.82, 2.24) is 0 Å². The maximum atomic E-state index is 12.5. The van der Waals surface area contributed by atoms with E-state index in [-0.39, 0.29) is 5.91 Å². The van der Waals surface area contributed by atoms with E-state index in [0.29, 0.717) is 12.1 Å². The summed E-state index contributed by atoms with van der Waals surface area (Å²) in [5, 5.41) is 9.27. The monoisotopic (exact) mass is 331 g/mol. The van der Waals surface area contributed by atoms with Gasteiger partial charge in [-0.25, -0.2) is 4.79 Å². The molecule has 0 unspecified atom stereocenters. The first kappa shape index (κ1) is 19.9. The summed E-state index contributed by atoms with van der Waals surface area (Å²) in [6.45, 7) is 5.26. The lowest BCUT2D eigenvalue weighted by molar-refractivity contribution is -0.139. The fourth-order valence-corrected chi connectivity index (χ4v) is 2.68. The van der Waals surface area contributed by atoms with E-state index >= 15 is 0 Å². The molecule has 24 heavy (non-hydrogen) atoms. The van der Waals surface area contributed by atoms with E-state index in [1.807, 2.05) is 24.3 Å². The number of nitrogens with zero attached hydrogens (tertiary/aromatic N) is 1. The number of hydrogen-bond donors (Lipinski definition) is 1. The topological polar surface area (TPSA) is 57.6 Å². The van der Waals surface area contributed by atoms with Gasteiger partial charge in [-0.05, 0) is 38.3 Å².